The Labute approximate surface area is 183 Å². The van der Waals surface area contributed by atoms with E-state index in [1.165, 1.54) is 15.3 Å². The largest absolute Gasteiger partial charge is 0.379 e. The second-order valence-corrected chi connectivity index (χ2v) is 9.48. The van der Waals surface area contributed by atoms with E-state index >= 15 is 0 Å². The zero-order valence-corrected chi connectivity index (χ0v) is 18.9. The quantitative estimate of drug-likeness (QED) is 0.650. The van der Waals surface area contributed by atoms with Crippen molar-refractivity contribution in [1.82, 2.24) is 9.21 Å². The summed E-state index contributed by atoms with van der Waals surface area (Å²) in [5.41, 5.74) is 1.68. The summed E-state index contributed by atoms with van der Waals surface area (Å²) in [6, 6.07) is 11.1. The van der Waals surface area contributed by atoms with Crippen molar-refractivity contribution in [2.45, 2.75) is 18.4 Å². The first-order valence-electron chi connectivity index (χ1n) is 10.2. The highest BCUT2D eigenvalue weighted by atomic mass is 32.2. The number of sulfonamides is 1. The van der Waals surface area contributed by atoms with Gasteiger partial charge in [-0.3, -0.25) is 4.79 Å². The molecule has 0 atom stereocenters. The molecule has 1 aliphatic rings. The minimum atomic E-state index is -3.83. The van der Waals surface area contributed by atoms with Gasteiger partial charge in [-0.15, -0.1) is 0 Å². The predicted molar refractivity (Wildman–Crippen MR) is 117 cm³/mol. The fourth-order valence-corrected chi connectivity index (χ4v) is 4.82. The highest BCUT2D eigenvalue weighted by molar-refractivity contribution is 7.89. The maximum absolute atomic E-state index is 14.5. The molecule has 168 valence electrons. The molecule has 1 heterocycles. The first-order chi connectivity index (χ1) is 14.7. The Balaban J connectivity index is 1.84. The van der Waals surface area contributed by atoms with Crippen LogP contribution in [0.3, 0.4) is 0 Å². The van der Waals surface area contributed by atoms with Crippen LogP contribution in [0.5, 0.6) is 0 Å². The fraction of sp³-hybridized carbons (Fsp3) is 0.409. The summed E-state index contributed by atoms with van der Waals surface area (Å²) < 4.78 is 46.9. The summed E-state index contributed by atoms with van der Waals surface area (Å²) in [6.07, 6.45) is 0. The maximum Gasteiger partial charge on any atom is 0.257 e. The highest BCUT2D eigenvalue weighted by Gasteiger charge is 2.28. The standard InChI is InChI=1S/C22H28FN3O4S/c1-4-25(16-17-5-7-18(8-6-17)24(2)3)22(27)20-15-19(9-10-21(20)23)31(28,29)26-11-13-30-14-12-26/h5-10,15H,4,11-14,16H2,1-3H3. The molecule has 0 aliphatic carbocycles. The van der Waals surface area contributed by atoms with E-state index in [0.717, 1.165) is 23.4 Å². The van der Waals surface area contributed by atoms with Gasteiger partial charge in [-0.05, 0) is 42.8 Å². The van der Waals surface area contributed by atoms with Gasteiger partial charge in [-0.25, -0.2) is 12.8 Å². The molecule has 1 saturated heterocycles. The number of hydrogen-bond acceptors (Lipinski definition) is 5. The third-order valence-corrected chi connectivity index (χ3v) is 7.17. The van der Waals surface area contributed by atoms with Gasteiger partial charge in [0.1, 0.15) is 5.82 Å². The van der Waals surface area contributed by atoms with Gasteiger partial charge in [-0.1, -0.05) is 12.1 Å². The minimum Gasteiger partial charge on any atom is -0.379 e. The van der Waals surface area contributed by atoms with Crippen molar-refractivity contribution in [2.75, 3.05) is 51.8 Å². The molecule has 0 radical (unpaired) electrons. The summed E-state index contributed by atoms with van der Waals surface area (Å²) in [4.78, 5) is 16.5. The molecule has 0 saturated carbocycles. The number of halogens is 1. The molecule has 0 aromatic heterocycles. The van der Waals surface area contributed by atoms with Gasteiger partial charge < -0.3 is 14.5 Å². The van der Waals surface area contributed by atoms with E-state index in [1.54, 1.807) is 6.92 Å². The number of rotatable bonds is 7. The van der Waals surface area contributed by atoms with E-state index in [2.05, 4.69) is 0 Å². The van der Waals surface area contributed by atoms with E-state index in [0.29, 0.717) is 26.3 Å². The predicted octanol–water partition coefficient (Wildman–Crippen LogP) is 2.57. The Hall–Kier alpha value is -2.49. The molecular weight excluding hydrogens is 421 g/mol. The molecule has 0 N–H and O–H groups in total. The molecule has 0 spiro atoms. The zero-order valence-electron chi connectivity index (χ0n) is 18.0. The SMILES string of the molecule is CCN(Cc1ccc(N(C)C)cc1)C(=O)c1cc(S(=O)(=O)N2CCOCC2)ccc1F. The molecule has 1 amide bonds. The fourth-order valence-electron chi connectivity index (χ4n) is 3.38. The van der Waals surface area contributed by atoms with Gasteiger partial charge >= 0.3 is 0 Å². The van der Waals surface area contributed by atoms with Crippen LogP contribution in [0.15, 0.2) is 47.4 Å². The summed E-state index contributed by atoms with van der Waals surface area (Å²) in [5.74, 6) is -1.29. The lowest BCUT2D eigenvalue weighted by atomic mass is 10.1. The highest BCUT2D eigenvalue weighted by Crippen LogP contribution is 2.22. The van der Waals surface area contributed by atoms with Crippen LogP contribution in [0.2, 0.25) is 0 Å². The number of anilines is 1. The normalized spacial score (nSPS) is 15.0. The number of hydrogen-bond donors (Lipinski definition) is 0. The van der Waals surface area contributed by atoms with Crippen LogP contribution in [-0.2, 0) is 21.3 Å². The minimum absolute atomic E-state index is 0.0921. The Bertz CT molecular complexity index is 1020. The second-order valence-electron chi connectivity index (χ2n) is 7.54. The average molecular weight is 450 g/mol. The van der Waals surface area contributed by atoms with E-state index in [1.807, 2.05) is 43.3 Å². The first kappa shape index (κ1) is 23.2. The topological polar surface area (TPSA) is 70.2 Å². The molecule has 1 fully saturated rings. The van der Waals surface area contributed by atoms with Crippen molar-refractivity contribution in [3.8, 4) is 0 Å². The first-order valence-corrected chi connectivity index (χ1v) is 11.6. The van der Waals surface area contributed by atoms with Crippen LogP contribution in [-0.4, -0.2) is 70.5 Å². The van der Waals surface area contributed by atoms with Crippen molar-refractivity contribution in [1.29, 1.82) is 0 Å². The van der Waals surface area contributed by atoms with Crippen molar-refractivity contribution < 1.29 is 22.3 Å². The number of morpholine rings is 1. The summed E-state index contributed by atoms with van der Waals surface area (Å²) in [7, 11) is 0.0564. The number of ether oxygens (including phenoxy) is 1. The van der Waals surface area contributed by atoms with Crippen LogP contribution in [0.4, 0.5) is 10.1 Å². The third kappa shape index (κ3) is 5.23. The molecule has 0 unspecified atom stereocenters. The van der Waals surface area contributed by atoms with E-state index in [9.17, 15) is 17.6 Å². The number of benzene rings is 2. The van der Waals surface area contributed by atoms with Crippen LogP contribution in [0.1, 0.15) is 22.8 Å². The molecule has 7 nitrogen and oxygen atoms in total. The third-order valence-electron chi connectivity index (χ3n) is 5.27. The second kappa shape index (κ2) is 9.76. The van der Waals surface area contributed by atoms with E-state index < -0.39 is 21.7 Å². The Morgan fingerprint density at radius 3 is 2.32 bits per heavy atom. The van der Waals surface area contributed by atoms with Crippen LogP contribution in [0.25, 0.3) is 0 Å². The number of amides is 1. The van der Waals surface area contributed by atoms with Crippen molar-refractivity contribution in [2.24, 2.45) is 0 Å². The summed E-state index contributed by atoms with van der Waals surface area (Å²) in [6.45, 7) is 3.53. The number of carbonyl (C=O) groups is 1. The van der Waals surface area contributed by atoms with Gasteiger partial charge in [0.25, 0.3) is 5.91 Å². The molecule has 9 heteroatoms. The number of nitrogens with zero attached hydrogens (tertiary/aromatic N) is 3. The van der Waals surface area contributed by atoms with Gasteiger partial charge in [-0.2, -0.15) is 4.31 Å². The Morgan fingerprint density at radius 1 is 1.10 bits per heavy atom. The Morgan fingerprint density at radius 2 is 1.74 bits per heavy atom. The lowest BCUT2D eigenvalue weighted by Gasteiger charge is -2.26. The molecule has 3 rings (SSSR count). The summed E-state index contributed by atoms with van der Waals surface area (Å²) in [5, 5.41) is 0. The number of carbonyl (C=O) groups excluding carboxylic acids is 1. The molecule has 2 aromatic rings. The van der Waals surface area contributed by atoms with Gasteiger partial charge in [0.2, 0.25) is 10.0 Å². The van der Waals surface area contributed by atoms with Crippen molar-refractivity contribution in [3.63, 3.8) is 0 Å². The van der Waals surface area contributed by atoms with Crippen LogP contribution < -0.4 is 4.90 Å². The molecule has 2 aromatic carbocycles. The summed E-state index contributed by atoms with van der Waals surface area (Å²) >= 11 is 0. The van der Waals surface area contributed by atoms with Crippen molar-refractivity contribution in [3.05, 3.63) is 59.4 Å². The molecule has 0 bridgehead atoms. The van der Waals surface area contributed by atoms with Crippen molar-refractivity contribution >= 4 is 21.6 Å². The van der Waals surface area contributed by atoms with E-state index in [-0.39, 0.29) is 23.5 Å². The van der Waals surface area contributed by atoms with E-state index in [4.69, 9.17) is 4.74 Å². The maximum atomic E-state index is 14.5. The average Bonchev–Trinajstić information content (AvgIpc) is 2.78. The lowest BCUT2D eigenvalue weighted by Crippen LogP contribution is -2.40. The lowest BCUT2D eigenvalue weighted by molar-refractivity contribution is 0.0729. The van der Waals surface area contributed by atoms with Crippen LogP contribution in [0, 0.1) is 5.82 Å². The molecule has 1 aliphatic heterocycles. The van der Waals surface area contributed by atoms with Gasteiger partial charge in [0.15, 0.2) is 0 Å². The van der Waals surface area contributed by atoms with Gasteiger partial charge in [0, 0.05) is 46.0 Å². The molecule has 31 heavy (non-hydrogen) atoms. The zero-order chi connectivity index (χ0) is 22.6. The monoisotopic (exact) mass is 449 g/mol. The smallest absolute Gasteiger partial charge is 0.257 e. The van der Waals surface area contributed by atoms with Gasteiger partial charge in [0.05, 0.1) is 23.7 Å². The van der Waals surface area contributed by atoms with Crippen LogP contribution >= 0.6 is 0 Å². The molecular formula is C22H28FN3O4S. The Kier molecular flexibility index (Phi) is 7.30.